The third-order valence-corrected chi connectivity index (χ3v) is 3.94. The number of anilines is 1. The number of rotatable bonds is 3. The Kier molecular flexibility index (Phi) is 4.45. The molecular formula is C15H19FN2O3. The number of likely N-dealkylation sites (tertiary alicyclic amines) is 1. The van der Waals surface area contributed by atoms with Gasteiger partial charge in [-0.05, 0) is 44.4 Å². The van der Waals surface area contributed by atoms with Crippen molar-refractivity contribution in [3.8, 4) is 0 Å². The molecule has 114 valence electrons. The summed E-state index contributed by atoms with van der Waals surface area (Å²) < 4.78 is 13.3. The second kappa shape index (κ2) is 6.11. The van der Waals surface area contributed by atoms with Gasteiger partial charge >= 0.3 is 12.0 Å². The topological polar surface area (TPSA) is 69.6 Å². The first kappa shape index (κ1) is 15.3. The minimum atomic E-state index is -1.36. The van der Waals surface area contributed by atoms with Gasteiger partial charge in [0.15, 0.2) is 0 Å². The van der Waals surface area contributed by atoms with Crippen LogP contribution >= 0.6 is 0 Å². The number of carboxylic acids is 1. The zero-order chi connectivity index (χ0) is 15.6. The Labute approximate surface area is 122 Å². The highest BCUT2D eigenvalue weighted by Gasteiger charge is 2.33. The molecule has 0 spiro atoms. The van der Waals surface area contributed by atoms with E-state index in [1.807, 2.05) is 13.8 Å². The van der Waals surface area contributed by atoms with Crippen LogP contribution in [-0.4, -0.2) is 34.1 Å². The van der Waals surface area contributed by atoms with Gasteiger partial charge < -0.3 is 15.3 Å². The number of benzene rings is 1. The molecule has 1 aliphatic rings. The fourth-order valence-corrected chi connectivity index (χ4v) is 2.79. The summed E-state index contributed by atoms with van der Waals surface area (Å²) in [6.07, 6.45) is 2.80. The highest BCUT2D eigenvalue weighted by Crippen LogP contribution is 2.27. The van der Waals surface area contributed by atoms with Crippen molar-refractivity contribution in [3.63, 3.8) is 0 Å². The number of urea groups is 1. The lowest BCUT2D eigenvalue weighted by molar-refractivity contribution is 0.0692. The monoisotopic (exact) mass is 294 g/mol. The molecule has 0 aromatic heterocycles. The maximum absolute atomic E-state index is 13.3. The average molecular weight is 294 g/mol. The predicted molar refractivity (Wildman–Crippen MR) is 77.0 cm³/mol. The minimum Gasteiger partial charge on any atom is -0.478 e. The van der Waals surface area contributed by atoms with E-state index in [2.05, 4.69) is 5.32 Å². The second-order valence-corrected chi connectivity index (χ2v) is 5.33. The van der Waals surface area contributed by atoms with Crippen molar-refractivity contribution in [2.24, 2.45) is 0 Å². The van der Waals surface area contributed by atoms with E-state index in [1.165, 1.54) is 6.07 Å². The van der Waals surface area contributed by atoms with Crippen molar-refractivity contribution in [3.05, 3.63) is 29.6 Å². The van der Waals surface area contributed by atoms with E-state index in [0.29, 0.717) is 0 Å². The standard InChI is InChI=1S/C15H19FN2O3/c1-3-11-6-4-9(2)18(11)15(21)17-10-5-7-13(16)12(8-10)14(19)20/h5,7-9,11H,3-4,6H2,1-2H3,(H,17,21)(H,19,20). The maximum Gasteiger partial charge on any atom is 0.338 e. The van der Waals surface area contributed by atoms with Crippen LogP contribution in [0, 0.1) is 5.82 Å². The Morgan fingerprint density at radius 2 is 2.14 bits per heavy atom. The van der Waals surface area contributed by atoms with Crippen molar-refractivity contribution in [2.45, 2.75) is 45.2 Å². The van der Waals surface area contributed by atoms with Gasteiger partial charge in [-0.25, -0.2) is 14.0 Å². The summed E-state index contributed by atoms with van der Waals surface area (Å²) in [5.74, 6) is -2.17. The highest BCUT2D eigenvalue weighted by molar-refractivity contribution is 5.93. The highest BCUT2D eigenvalue weighted by atomic mass is 19.1. The number of hydrogen-bond donors (Lipinski definition) is 2. The first-order chi connectivity index (χ1) is 9.93. The Morgan fingerprint density at radius 1 is 1.43 bits per heavy atom. The molecule has 0 bridgehead atoms. The normalized spacial score (nSPS) is 21.4. The summed E-state index contributed by atoms with van der Waals surface area (Å²) in [6.45, 7) is 4.02. The molecule has 0 aliphatic carbocycles. The predicted octanol–water partition coefficient (Wildman–Crippen LogP) is 3.32. The Hall–Kier alpha value is -2.11. The van der Waals surface area contributed by atoms with Gasteiger partial charge in [-0.15, -0.1) is 0 Å². The molecule has 6 heteroatoms. The zero-order valence-corrected chi connectivity index (χ0v) is 12.1. The molecule has 1 aliphatic heterocycles. The summed E-state index contributed by atoms with van der Waals surface area (Å²) >= 11 is 0. The van der Waals surface area contributed by atoms with Crippen LogP contribution in [0.5, 0.6) is 0 Å². The van der Waals surface area contributed by atoms with Crippen molar-refractivity contribution in [2.75, 3.05) is 5.32 Å². The van der Waals surface area contributed by atoms with Crippen LogP contribution in [0.3, 0.4) is 0 Å². The molecule has 2 amide bonds. The van der Waals surface area contributed by atoms with Crippen LogP contribution in [0.4, 0.5) is 14.9 Å². The number of halogens is 1. The van der Waals surface area contributed by atoms with Crippen molar-refractivity contribution in [1.29, 1.82) is 0 Å². The summed E-state index contributed by atoms with van der Waals surface area (Å²) in [4.78, 5) is 25.0. The van der Waals surface area contributed by atoms with Gasteiger partial charge in [0.25, 0.3) is 0 Å². The summed E-state index contributed by atoms with van der Waals surface area (Å²) in [7, 11) is 0. The molecule has 1 heterocycles. The number of nitrogens with zero attached hydrogens (tertiary/aromatic N) is 1. The third-order valence-electron chi connectivity index (χ3n) is 3.94. The van der Waals surface area contributed by atoms with Crippen molar-refractivity contribution in [1.82, 2.24) is 4.90 Å². The van der Waals surface area contributed by atoms with E-state index in [-0.39, 0.29) is 23.8 Å². The Morgan fingerprint density at radius 3 is 2.76 bits per heavy atom. The molecule has 1 saturated heterocycles. The average Bonchev–Trinajstić information content (AvgIpc) is 2.81. The van der Waals surface area contributed by atoms with Crippen molar-refractivity contribution >= 4 is 17.7 Å². The number of amides is 2. The van der Waals surface area contributed by atoms with Crippen LogP contribution in [0.2, 0.25) is 0 Å². The zero-order valence-electron chi connectivity index (χ0n) is 12.1. The van der Waals surface area contributed by atoms with Gasteiger partial charge in [0, 0.05) is 17.8 Å². The van der Waals surface area contributed by atoms with E-state index in [1.54, 1.807) is 4.90 Å². The molecular weight excluding hydrogens is 275 g/mol. The number of hydrogen-bond acceptors (Lipinski definition) is 2. The van der Waals surface area contributed by atoms with E-state index in [0.717, 1.165) is 31.4 Å². The molecule has 0 saturated carbocycles. The minimum absolute atomic E-state index is 0.148. The Bertz CT molecular complexity index is 562. The first-order valence-corrected chi connectivity index (χ1v) is 7.06. The SMILES string of the molecule is CCC1CCC(C)N1C(=O)Nc1ccc(F)c(C(=O)O)c1. The molecule has 1 fully saturated rings. The maximum atomic E-state index is 13.3. The Balaban J connectivity index is 2.16. The van der Waals surface area contributed by atoms with Gasteiger partial charge in [-0.3, -0.25) is 0 Å². The van der Waals surface area contributed by atoms with Gasteiger partial charge in [-0.1, -0.05) is 6.92 Å². The summed E-state index contributed by atoms with van der Waals surface area (Å²) in [5, 5.41) is 11.6. The molecule has 2 rings (SSSR count). The second-order valence-electron chi connectivity index (χ2n) is 5.33. The third kappa shape index (κ3) is 3.15. The number of nitrogens with one attached hydrogen (secondary N) is 1. The molecule has 21 heavy (non-hydrogen) atoms. The van der Waals surface area contributed by atoms with Gasteiger partial charge in [0.05, 0.1) is 5.56 Å². The lowest BCUT2D eigenvalue weighted by Gasteiger charge is -2.28. The molecule has 5 nitrogen and oxygen atoms in total. The largest absolute Gasteiger partial charge is 0.478 e. The van der Waals surface area contributed by atoms with Crippen LogP contribution in [0.15, 0.2) is 18.2 Å². The molecule has 1 aromatic carbocycles. The van der Waals surface area contributed by atoms with Gasteiger partial charge in [0.1, 0.15) is 5.82 Å². The lowest BCUT2D eigenvalue weighted by atomic mass is 10.1. The van der Waals surface area contributed by atoms with Crippen LogP contribution in [0.1, 0.15) is 43.5 Å². The fraction of sp³-hybridized carbons (Fsp3) is 0.467. The smallest absolute Gasteiger partial charge is 0.338 e. The van der Waals surface area contributed by atoms with Crippen LogP contribution < -0.4 is 5.32 Å². The van der Waals surface area contributed by atoms with Crippen LogP contribution in [0.25, 0.3) is 0 Å². The van der Waals surface area contributed by atoms with Crippen LogP contribution in [-0.2, 0) is 0 Å². The molecule has 1 aromatic rings. The number of aromatic carboxylic acids is 1. The number of carbonyl (C=O) groups is 2. The van der Waals surface area contributed by atoms with E-state index in [9.17, 15) is 14.0 Å². The van der Waals surface area contributed by atoms with Gasteiger partial charge in [-0.2, -0.15) is 0 Å². The summed E-state index contributed by atoms with van der Waals surface area (Å²) in [6, 6.07) is 3.62. The van der Waals surface area contributed by atoms with E-state index in [4.69, 9.17) is 5.11 Å². The number of carbonyl (C=O) groups excluding carboxylic acids is 1. The van der Waals surface area contributed by atoms with E-state index >= 15 is 0 Å². The molecule has 2 unspecified atom stereocenters. The number of carboxylic acid groups (broad SMARTS) is 1. The fourth-order valence-electron chi connectivity index (χ4n) is 2.79. The first-order valence-electron chi connectivity index (χ1n) is 7.06. The molecule has 2 atom stereocenters. The van der Waals surface area contributed by atoms with Crippen molar-refractivity contribution < 1.29 is 19.1 Å². The lowest BCUT2D eigenvalue weighted by Crippen LogP contribution is -2.42. The molecule has 2 N–H and O–H groups in total. The summed E-state index contributed by atoms with van der Waals surface area (Å²) in [5.41, 5.74) is -0.165. The van der Waals surface area contributed by atoms with E-state index < -0.39 is 17.3 Å². The quantitative estimate of drug-likeness (QED) is 0.898. The van der Waals surface area contributed by atoms with Gasteiger partial charge in [0.2, 0.25) is 0 Å². The molecule has 0 radical (unpaired) electrons.